The van der Waals surface area contributed by atoms with E-state index in [4.69, 9.17) is 14.9 Å². The first-order chi connectivity index (χ1) is 19.2. The molecule has 1 aromatic carbocycles. The molecule has 0 aliphatic heterocycles. The van der Waals surface area contributed by atoms with E-state index in [1.807, 2.05) is 24.3 Å². The number of nitrogens with zero attached hydrogens (tertiary/aromatic N) is 4. The number of hydrogen-bond acceptors (Lipinski definition) is 9. The molecular formula is C29H44N6O5Si. The smallest absolute Gasteiger partial charge is 0.415 e. The Morgan fingerprint density at radius 3 is 2.51 bits per heavy atom. The fourth-order valence-electron chi connectivity index (χ4n) is 3.74. The molecule has 0 aliphatic rings. The van der Waals surface area contributed by atoms with Crippen molar-refractivity contribution in [2.24, 2.45) is 0 Å². The molecule has 0 radical (unpaired) electrons. The van der Waals surface area contributed by atoms with Gasteiger partial charge in [0.25, 0.3) is 0 Å². The Labute approximate surface area is 244 Å². The number of nitrogens with two attached hydrogens (primary N) is 1. The second-order valence-corrected chi connectivity index (χ2v) is 16.0. The standard InChI is InChI=1S/C29H44N6O5Si/c1-9-12-17-23(20-40-41(7,8)29(4,5)6)31-27-32-25(30)24(35(37)38)26(33-27)34(28(36)39-11-3)19-22-16-13-15-21(18-22)14-10-2/h9-10,13,15-16,18,23H,1-2,11-12,14,17,19-20H2,3-8H3,(H3,30,31,32,33). The zero-order valence-corrected chi connectivity index (χ0v) is 26.1. The number of hydrogen-bond donors (Lipinski definition) is 2. The van der Waals surface area contributed by atoms with Crippen molar-refractivity contribution in [2.75, 3.05) is 29.2 Å². The lowest BCUT2D eigenvalue weighted by molar-refractivity contribution is -0.383. The lowest BCUT2D eigenvalue weighted by Crippen LogP contribution is -2.43. The summed E-state index contributed by atoms with van der Waals surface area (Å²) in [5.74, 6) is -0.582. The Morgan fingerprint density at radius 1 is 1.24 bits per heavy atom. The van der Waals surface area contributed by atoms with E-state index in [2.05, 4.69) is 62.3 Å². The fourth-order valence-corrected chi connectivity index (χ4v) is 4.79. The summed E-state index contributed by atoms with van der Waals surface area (Å²) in [5.41, 5.74) is 7.23. The molecule has 3 N–H and O–H groups in total. The predicted molar refractivity (Wildman–Crippen MR) is 167 cm³/mol. The van der Waals surface area contributed by atoms with E-state index in [0.29, 0.717) is 25.9 Å². The van der Waals surface area contributed by atoms with Crippen LogP contribution in [0.1, 0.15) is 51.7 Å². The van der Waals surface area contributed by atoms with E-state index in [-0.39, 0.29) is 41.8 Å². The highest BCUT2D eigenvalue weighted by Crippen LogP contribution is 2.37. The second-order valence-electron chi connectivity index (χ2n) is 11.2. The monoisotopic (exact) mass is 584 g/mol. The number of rotatable bonds is 15. The van der Waals surface area contributed by atoms with Gasteiger partial charge in [-0.25, -0.2) is 4.79 Å². The first-order valence-corrected chi connectivity index (χ1v) is 16.6. The molecular weight excluding hydrogens is 540 g/mol. The molecule has 0 spiro atoms. The molecule has 1 unspecified atom stereocenters. The maximum atomic E-state index is 13.1. The maximum absolute atomic E-state index is 13.1. The summed E-state index contributed by atoms with van der Waals surface area (Å²) in [6.45, 7) is 20.5. The number of benzene rings is 1. The maximum Gasteiger partial charge on any atom is 0.415 e. The number of amides is 1. The van der Waals surface area contributed by atoms with Crippen LogP contribution in [0.4, 0.5) is 28.1 Å². The number of nitro groups is 1. The van der Waals surface area contributed by atoms with Crippen LogP contribution in [0.15, 0.2) is 49.6 Å². The average Bonchev–Trinajstić information content (AvgIpc) is 2.88. The van der Waals surface area contributed by atoms with Crippen molar-refractivity contribution in [3.8, 4) is 0 Å². The molecule has 224 valence electrons. The van der Waals surface area contributed by atoms with Gasteiger partial charge in [-0.15, -0.1) is 13.2 Å². The third-order valence-corrected chi connectivity index (χ3v) is 11.5. The summed E-state index contributed by atoms with van der Waals surface area (Å²) in [5, 5.41) is 15.4. The van der Waals surface area contributed by atoms with Crippen LogP contribution in [0.25, 0.3) is 0 Å². The Kier molecular flexibility index (Phi) is 12.0. The van der Waals surface area contributed by atoms with E-state index < -0.39 is 25.0 Å². The van der Waals surface area contributed by atoms with Gasteiger partial charge in [0, 0.05) is 0 Å². The summed E-state index contributed by atoms with van der Waals surface area (Å²) in [6.07, 6.45) is 4.77. The molecule has 12 heteroatoms. The first-order valence-electron chi connectivity index (χ1n) is 13.7. The molecule has 1 amide bonds. The van der Waals surface area contributed by atoms with Crippen LogP contribution < -0.4 is 16.0 Å². The molecule has 0 fully saturated rings. The molecule has 1 aromatic heterocycles. The zero-order chi connectivity index (χ0) is 30.8. The van der Waals surface area contributed by atoms with E-state index >= 15 is 0 Å². The average molecular weight is 585 g/mol. The number of aromatic nitrogens is 2. The molecule has 1 heterocycles. The van der Waals surface area contributed by atoms with Crippen LogP contribution in [0.3, 0.4) is 0 Å². The number of nitrogen functional groups attached to an aromatic ring is 1. The Hall–Kier alpha value is -3.77. The van der Waals surface area contributed by atoms with Crippen LogP contribution in [0.2, 0.25) is 18.1 Å². The van der Waals surface area contributed by atoms with E-state index in [1.54, 1.807) is 19.1 Å². The lowest BCUT2D eigenvalue weighted by atomic mass is 10.1. The van der Waals surface area contributed by atoms with Crippen molar-refractivity contribution in [1.29, 1.82) is 0 Å². The van der Waals surface area contributed by atoms with Crippen LogP contribution in [0.5, 0.6) is 0 Å². The lowest BCUT2D eigenvalue weighted by Gasteiger charge is -2.37. The Balaban J connectivity index is 2.54. The molecule has 0 bridgehead atoms. The van der Waals surface area contributed by atoms with Crippen molar-refractivity contribution in [2.45, 2.75) is 77.7 Å². The summed E-state index contributed by atoms with van der Waals surface area (Å²) in [6, 6.07) is 7.26. The number of allylic oxidation sites excluding steroid dienone is 2. The summed E-state index contributed by atoms with van der Waals surface area (Å²) in [4.78, 5) is 34.3. The normalized spacial score (nSPS) is 12.3. The van der Waals surface area contributed by atoms with E-state index in [9.17, 15) is 14.9 Å². The number of ether oxygens (including phenoxy) is 1. The van der Waals surface area contributed by atoms with Crippen molar-refractivity contribution in [3.63, 3.8) is 0 Å². The van der Waals surface area contributed by atoms with Crippen molar-refractivity contribution in [1.82, 2.24) is 9.97 Å². The highest BCUT2D eigenvalue weighted by molar-refractivity contribution is 6.74. The summed E-state index contributed by atoms with van der Waals surface area (Å²) >= 11 is 0. The molecule has 2 aromatic rings. The number of carbonyl (C=O) groups is 1. The van der Waals surface area contributed by atoms with Gasteiger partial charge in [0.05, 0.1) is 30.7 Å². The van der Waals surface area contributed by atoms with Gasteiger partial charge in [0.1, 0.15) is 0 Å². The highest BCUT2D eigenvalue weighted by Gasteiger charge is 2.38. The second kappa shape index (κ2) is 14.7. The molecule has 1 atom stereocenters. The van der Waals surface area contributed by atoms with Crippen molar-refractivity contribution < 1.29 is 18.9 Å². The zero-order valence-electron chi connectivity index (χ0n) is 25.1. The van der Waals surface area contributed by atoms with Crippen molar-refractivity contribution >= 4 is 37.7 Å². The quantitative estimate of drug-likeness (QED) is 0.102. The number of anilines is 3. The third-order valence-electron chi connectivity index (χ3n) is 7.04. The van der Waals surface area contributed by atoms with Gasteiger partial charge in [-0.2, -0.15) is 9.97 Å². The number of nitrogens with one attached hydrogen (secondary N) is 1. The van der Waals surface area contributed by atoms with E-state index in [1.165, 1.54) is 0 Å². The largest absolute Gasteiger partial charge is 0.449 e. The number of carbonyl (C=O) groups excluding carboxylic acids is 1. The minimum Gasteiger partial charge on any atom is -0.449 e. The van der Waals surface area contributed by atoms with Crippen LogP contribution in [-0.4, -0.2) is 48.6 Å². The summed E-state index contributed by atoms with van der Waals surface area (Å²) < 4.78 is 11.7. The highest BCUT2D eigenvalue weighted by atomic mass is 28.4. The molecule has 11 nitrogen and oxygen atoms in total. The Bertz CT molecular complexity index is 1230. The van der Waals surface area contributed by atoms with Crippen molar-refractivity contribution in [3.05, 3.63) is 70.8 Å². The van der Waals surface area contributed by atoms with Gasteiger partial charge >= 0.3 is 11.8 Å². The topological polar surface area (TPSA) is 146 Å². The minimum absolute atomic E-state index is 0.0144. The molecule has 0 saturated carbocycles. The van der Waals surface area contributed by atoms with Gasteiger partial charge in [0.15, 0.2) is 8.32 Å². The SMILES string of the molecule is C=CCCC(CO[Si](C)(C)C(C)(C)C)Nc1nc(N)c([N+](=O)[O-])c(N(Cc2cccc(CC=C)c2)C(=O)OCC)n1. The van der Waals surface area contributed by atoms with Crippen LogP contribution in [0, 0.1) is 10.1 Å². The molecule has 0 saturated heterocycles. The molecule has 41 heavy (non-hydrogen) atoms. The van der Waals surface area contributed by atoms with Gasteiger partial charge in [-0.3, -0.25) is 15.0 Å². The van der Waals surface area contributed by atoms with Gasteiger partial charge in [0.2, 0.25) is 17.6 Å². The molecule has 0 aliphatic carbocycles. The Morgan fingerprint density at radius 2 is 1.93 bits per heavy atom. The van der Waals surface area contributed by atoms with Gasteiger partial charge in [-0.1, -0.05) is 57.2 Å². The van der Waals surface area contributed by atoms with Gasteiger partial charge < -0.3 is 20.2 Å². The van der Waals surface area contributed by atoms with Crippen LogP contribution in [-0.2, 0) is 22.1 Å². The third kappa shape index (κ3) is 9.39. The fraction of sp³-hybridized carbons (Fsp3) is 0.483. The minimum atomic E-state index is -2.06. The molecule has 2 rings (SSSR count). The summed E-state index contributed by atoms with van der Waals surface area (Å²) in [7, 11) is -2.06. The van der Waals surface area contributed by atoms with E-state index in [0.717, 1.165) is 16.0 Å². The predicted octanol–water partition coefficient (Wildman–Crippen LogP) is 6.63. The van der Waals surface area contributed by atoms with Gasteiger partial charge in [-0.05, 0) is 55.4 Å². The first kappa shape index (κ1) is 33.4. The van der Waals surface area contributed by atoms with Crippen LogP contribution >= 0.6 is 0 Å².